The zero-order chi connectivity index (χ0) is 18.4. The van der Waals surface area contributed by atoms with Gasteiger partial charge in [0.1, 0.15) is 0 Å². The van der Waals surface area contributed by atoms with Crippen molar-refractivity contribution in [1.29, 1.82) is 0 Å². The van der Waals surface area contributed by atoms with Gasteiger partial charge in [0.2, 0.25) is 5.91 Å². The fraction of sp³-hybridized carbons (Fsp3) is 0.364. The second kappa shape index (κ2) is 8.77. The van der Waals surface area contributed by atoms with Crippen molar-refractivity contribution in [2.75, 3.05) is 13.1 Å². The molecule has 136 valence electrons. The zero-order valence-electron chi connectivity index (χ0n) is 15.1. The van der Waals surface area contributed by atoms with Crippen LogP contribution in [0.4, 0.5) is 0 Å². The molecule has 26 heavy (non-hydrogen) atoms. The van der Waals surface area contributed by atoms with Crippen molar-refractivity contribution in [3.63, 3.8) is 0 Å². The summed E-state index contributed by atoms with van der Waals surface area (Å²) in [6.45, 7) is 2.27. The van der Waals surface area contributed by atoms with Gasteiger partial charge >= 0.3 is 0 Å². The average molecular weight is 350 g/mol. The molecule has 1 fully saturated rings. The van der Waals surface area contributed by atoms with Crippen LogP contribution in [0.15, 0.2) is 48.5 Å². The Hall–Kier alpha value is -2.46. The first-order valence-electron chi connectivity index (χ1n) is 9.38. The lowest BCUT2D eigenvalue weighted by Gasteiger charge is -2.26. The highest BCUT2D eigenvalue weighted by molar-refractivity contribution is 6.09. The van der Waals surface area contributed by atoms with E-state index in [-0.39, 0.29) is 11.7 Å². The van der Waals surface area contributed by atoms with Gasteiger partial charge in [-0.1, -0.05) is 48.5 Å². The molecule has 1 amide bonds. The van der Waals surface area contributed by atoms with Gasteiger partial charge in [0.25, 0.3) is 0 Å². The number of nitrogens with two attached hydrogens (primary N) is 1. The first kappa shape index (κ1) is 18.3. The number of carbonyl (C=O) groups is 2. The van der Waals surface area contributed by atoms with Crippen LogP contribution in [-0.4, -0.2) is 29.7 Å². The van der Waals surface area contributed by atoms with E-state index >= 15 is 0 Å². The summed E-state index contributed by atoms with van der Waals surface area (Å²) >= 11 is 0. The number of likely N-dealkylation sites (tertiary alicyclic amines) is 1. The molecule has 0 saturated carbocycles. The largest absolute Gasteiger partial charge is 0.343 e. The third-order valence-electron chi connectivity index (χ3n) is 5.00. The Kier molecular flexibility index (Phi) is 6.18. The van der Waals surface area contributed by atoms with E-state index in [1.165, 1.54) is 6.42 Å². The first-order chi connectivity index (χ1) is 12.7. The summed E-state index contributed by atoms with van der Waals surface area (Å²) in [6, 6.07) is 15.0. The molecule has 4 heteroatoms. The van der Waals surface area contributed by atoms with E-state index in [2.05, 4.69) is 0 Å². The molecule has 0 aromatic heterocycles. The molecule has 1 aliphatic rings. The van der Waals surface area contributed by atoms with Crippen LogP contribution in [0, 0.1) is 0 Å². The molecule has 0 bridgehead atoms. The molecule has 1 saturated heterocycles. The molecule has 0 aliphatic carbocycles. The van der Waals surface area contributed by atoms with Crippen LogP contribution in [-0.2, 0) is 17.8 Å². The summed E-state index contributed by atoms with van der Waals surface area (Å²) in [7, 11) is 0. The van der Waals surface area contributed by atoms with E-state index in [0.29, 0.717) is 24.1 Å². The minimum absolute atomic E-state index is 0.00418. The molecule has 3 rings (SSSR count). The topological polar surface area (TPSA) is 63.4 Å². The number of hydrogen-bond donors (Lipinski definition) is 1. The summed E-state index contributed by atoms with van der Waals surface area (Å²) in [6.07, 6.45) is 4.72. The van der Waals surface area contributed by atoms with Crippen molar-refractivity contribution in [2.45, 2.75) is 38.6 Å². The summed E-state index contributed by atoms with van der Waals surface area (Å²) in [5, 5.41) is 0. The fourth-order valence-corrected chi connectivity index (χ4v) is 3.33. The van der Waals surface area contributed by atoms with Crippen LogP contribution in [0.3, 0.4) is 0 Å². The molecule has 0 radical (unpaired) electrons. The highest BCUT2D eigenvalue weighted by atomic mass is 16.2. The van der Waals surface area contributed by atoms with Gasteiger partial charge in [-0.15, -0.1) is 0 Å². The van der Waals surface area contributed by atoms with Crippen LogP contribution >= 0.6 is 0 Å². The molecular weight excluding hydrogens is 324 g/mol. The van der Waals surface area contributed by atoms with Gasteiger partial charge in [0, 0.05) is 37.2 Å². The minimum Gasteiger partial charge on any atom is -0.343 e. The number of carbonyl (C=O) groups excluding carboxylic acids is 2. The standard InChI is InChI=1S/C22H26N2O2/c23-16-18-6-11-20(12-7-18)22(26)19-9-4-17(5-10-19)8-13-21(25)24-14-2-1-3-15-24/h4-7,9-12H,1-3,8,13-16,23H2. The molecule has 2 aromatic carbocycles. The van der Waals surface area contributed by atoms with Crippen LogP contribution in [0.2, 0.25) is 0 Å². The number of hydrogen-bond acceptors (Lipinski definition) is 3. The quantitative estimate of drug-likeness (QED) is 0.813. The molecule has 1 aliphatic heterocycles. The van der Waals surface area contributed by atoms with Crippen LogP contribution in [0.25, 0.3) is 0 Å². The predicted molar refractivity (Wildman–Crippen MR) is 103 cm³/mol. The predicted octanol–water partition coefficient (Wildman–Crippen LogP) is 3.32. The Labute approximate surface area is 155 Å². The van der Waals surface area contributed by atoms with Gasteiger partial charge in [0.05, 0.1) is 0 Å². The molecule has 0 atom stereocenters. The van der Waals surface area contributed by atoms with E-state index in [9.17, 15) is 9.59 Å². The van der Waals surface area contributed by atoms with E-state index < -0.39 is 0 Å². The maximum absolute atomic E-state index is 12.5. The Morgan fingerprint density at radius 3 is 1.88 bits per heavy atom. The lowest BCUT2D eigenvalue weighted by Crippen LogP contribution is -2.35. The Bertz CT molecular complexity index is 745. The Balaban J connectivity index is 1.57. The van der Waals surface area contributed by atoms with Gasteiger partial charge in [-0.25, -0.2) is 0 Å². The number of benzene rings is 2. The lowest BCUT2D eigenvalue weighted by molar-refractivity contribution is -0.132. The second-order valence-electron chi connectivity index (χ2n) is 6.87. The smallest absolute Gasteiger partial charge is 0.222 e. The SMILES string of the molecule is NCc1ccc(C(=O)c2ccc(CCC(=O)N3CCCCC3)cc2)cc1. The van der Waals surface area contributed by atoms with E-state index in [0.717, 1.165) is 43.5 Å². The van der Waals surface area contributed by atoms with Crippen LogP contribution < -0.4 is 5.73 Å². The number of amides is 1. The maximum Gasteiger partial charge on any atom is 0.222 e. The number of rotatable bonds is 6. The number of piperidine rings is 1. The summed E-state index contributed by atoms with van der Waals surface area (Å²) in [5.74, 6) is 0.245. The van der Waals surface area contributed by atoms with Crippen molar-refractivity contribution in [2.24, 2.45) is 5.73 Å². The van der Waals surface area contributed by atoms with E-state index in [1.807, 2.05) is 53.4 Å². The van der Waals surface area contributed by atoms with Crippen molar-refractivity contribution >= 4 is 11.7 Å². The number of ketones is 1. The lowest BCUT2D eigenvalue weighted by atomic mass is 9.99. The van der Waals surface area contributed by atoms with Gasteiger partial charge in [-0.05, 0) is 36.8 Å². The molecule has 0 unspecified atom stereocenters. The van der Waals surface area contributed by atoms with Crippen LogP contribution in [0.5, 0.6) is 0 Å². The van der Waals surface area contributed by atoms with E-state index in [1.54, 1.807) is 0 Å². The summed E-state index contributed by atoms with van der Waals surface area (Å²) in [4.78, 5) is 26.8. The normalized spacial score (nSPS) is 14.3. The number of nitrogens with zero attached hydrogens (tertiary/aromatic N) is 1. The average Bonchev–Trinajstić information content (AvgIpc) is 2.72. The minimum atomic E-state index is 0.00418. The molecule has 2 aromatic rings. The number of aryl methyl sites for hydroxylation is 1. The highest BCUT2D eigenvalue weighted by Crippen LogP contribution is 2.15. The third kappa shape index (κ3) is 4.58. The van der Waals surface area contributed by atoms with Gasteiger partial charge in [-0.3, -0.25) is 9.59 Å². The molecule has 2 N–H and O–H groups in total. The van der Waals surface area contributed by atoms with Crippen LogP contribution in [0.1, 0.15) is 52.7 Å². The third-order valence-corrected chi connectivity index (χ3v) is 5.00. The summed E-state index contributed by atoms with van der Waals surface area (Å²) in [5.41, 5.74) is 9.01. The Morgan fingerprint density at radius 2 is 1.35 bits per heavy atom. The van der Waals surface area contributed by atoms with Crippen molar-refractivity contribution in [1.82, 2.24) is 4.90 Å². The molecular formula is C22H26N2O2. The molecule has 0 spiro atoms. The zero-order valence-corrected chi connectivity index (χ0v) is 15.1. The summed E-state index contributed by atoms with van der Waals surface area (Å²) < 4.78 is 0. The van der Waals surface area contributed by atoms with Crippen molar-refractivity contribution in [3.05, 3.63) is 70.8 Å². The van der Waals surface area contributed by atoms with Crippen molar-refractivity contribution in [3.8, 4) is 0 Å². The first-order valence-corrected chi connectivity index (χ1v) is 9.38. The van der Waals surface area contributed by atoms with Gasteiger partial charge < -0.3 is 10.6 Å². The van der Waals surface area contributed by atoms with Gasteiger partial charge in [0.15, 0.2) is 5.78 Å². The molecule has 1 heterocycles. The maximum atomic E-state index is 12.5. The fourth-order valence-electron chi connectivity index (χ4n) is 3.33. The molecule has 4 nitrogen and oxygen atoms in total. The van der Waals surface area contributed by atoms with Gasteiger partial charge in [-0.2, -0.15) is 0 Å². The van der Waals surface area contributed by atoms with Crippen molar-refractivity contribution < 1.29 is 9.59 Å². The highest BCUT2D eigenvalue weighted by Gasteiger charge is 2.16. The second-order valence-corrected chi connectivity index (χ2v) is 6.87. The Morgan fingerprint density at radius 1 is 0.808 bits per heavy atom. The van der Waals surface area contributed by atoms with E-state index in [4.69, 9.17) is 5.73 Å². The monoisotopic (exact) mass is 350 g/mol.